The molecule has 2 N–H and O–H groups in total. The van der Waals surface area contributed by atoms with Crippen LogP contribution in [0.5, 0.6) is 17.2 Å². The molecule has 1 aliphatic rings. The fraction of sp³-hybridized carbons (Fsp3) is 0.133. The van der Waals surface area contributed by atoms with Crippen molar-refractivity contribution in [2.24, 2.45) is 0 Å². The van der Waals surface area contributed by atoms with Gasteiger partial charge in [0.25, 0.3) is 0 Å². The average Bonchev–Trinajstić information content (AvgIpc) is 3.13. The number of nitrogens with zero attached hydrogens (tertiary/aromatic N) is 1. The van der Waals surface area contributed by atoms with Crippen molar-refractivity contribution >= 4 is 27.2 Å². The fourth-order valence-corrected chi connectivity index (χ4v) is 3.34. The fourth-order valence-electron chi connectivity index (χ4n) is 2.33. The number of ether oxygens (including phenoxy) is 3. The maximum Gasteiger partial charge on any atom is 0.231 e. The number of anilines is 1. The lowest BCUT2D eigenvalue weighted by atomic mass is 10.2. The van der Waals surface area contributed by atoms with Crippen LogP contribution in [0.1, 0.15) is 0 Å². The monoisotopic (exact) mass is 300 g/mol. The lowest BCUT2D eigenvalue weighted by molar-refractivity contribution is 0.174. The molecule has 21 heavy (non-hydrogen) atoms. The molecular formula is C15H12N2O3S. The highest BCUT2D eigenvalue weighted by molar-refractivity contribution is 7.22. The molecule has 0 amide bonds. The first-order valence-electron chi connectivity index (χ1n) is 6.39. The molecule has 0 saturated heterocycles. The van der Waals surface area contributed by atoms with Gasteiger partial charge < -0.3 is 19.9 Å². The van der Waals surface area contributed by atoms with Gasteiger partial charge in [0.1, 0.15) is 10.8 Å². The number of thiazole rings is 1. The van der Waals surface area contributed by atoms with Crippen LogP contribution in [0.2, 0.25) is 0 Å². The molecule has 5 nitrogen and oxygen atoms in total. The van der Waals surface area contributed by atoms with E-state index >= 15 is 0 Å². The highest BCUT2D eigenvalue weighted by Crippen LogP contribution is 2.41. The second kappa shape index (κ2) is 4.53. The van der Waals surface area contributed by atoms with Gasteiger partial charge in [-0.15, -0.1) is 11.3 Å². The Labute approximate surface area is 124 Å². The minimum Gasteiger partial charge on any atom is -0.495 e. The Morgan fingerprint density at radius 3 is 2.90 bits per heavy atom. The van der Waals surface area contributed by atoms with Crippen LogP contribution in [-0.2, 0) is 0 Å². The summed E-state index contributed by atoms with van der Waals surface area (Å²) in [5, 5.41) is 0.892. The Bertz CT molecular complexity index is 844. The van der Waals surface area contributed by atoms with E-state index in [9.17, 15) is 0 Å². The van der Waals surface area contributed by atoms with Crippen molar-refractivity contribution in [3.05, 3.63) is 30.3 Å². The largest absolute Gasteiger partial charge is 0.495 e. The van der Waals surface area contributed by atoms with E-state index < -0.39 is 0 Å². The van der Waals surface area contributed by atoms with Crippen LogP contribution in [-0.4, -0.2) is 18.9 Å². The zero-order chi connectivity index (χ0) is 14.4. The van der Waals surface area contributed by atoms with Crippen molar-refractivity contribution in [2.75, 3.05) is 19.6 Å². The van der Waals surface area contributed by atoms with Gasteiger partial charge in [0.15, 0.2) is 11.5 Å². The highest BCUT2D eigenvalue weighted by Gasteiger charge is 2.16. The Balaban J connectivity index is 1.85. The SMILES string of the molecule is COc1ccc2nc(-c3ccc4c(c3)OCO4)sc2c1N. The summed E-state index contributed by atoms with van der Waals surface area (Å²) in [4.78, 5) is 4.63. The minimum atomic E-state index is 0.267. The summed E-state index contributed by atoms with van der Waals surface area (Å²) < 4.78 is 16.9. The van der Waals surface area contributed by atoms with Crippen molar-refractivity contribution in [2.45, 2.75) is 0 Å². The Hall–Kier alpha value is -2.47. The van der Waals surface area contributed by atoms with E-state index in [0.29, 0.717) is 11.4 Å². The predicted octanol–water partition coefficient (Wildman–Crippen LogP) is 3.28. The molecular weight excluding hydrogens is 288 g/mol. The molecule has 0 saturated carbocycles. The Morgan fingerprint density at radius 1 is 1.19 bits per heavy atom. The summed E-state index contributed by atoms with van der Waals surface area (Å²) in [5.74, 6) is 2.18. The average molecular weight is 300 g/mol. The molecule has 0 aliphatic carbocycles. The summed E-state index contributed by atoms with van der Waals surface area (Å²) in [7, 11) is 1.61. The van der Waals surface area contributed by atoms with Gasteiger partial charge in [-0.2, -0.15) is 0 Å². The summed E-state index contributed by atoms with van der Waals surface area (Å²) >= 11 is 1.54. The van der Waals surface area contributed by atoms with Gasteiger partial charge >= 0.3 is 0 Å². The number of methoxy groups -OCH3 is 1. The number of hydrogen-bond acceptors (Lipinski definition) is 6. The molecule has 0 unspecified atom stereocenters. The summed E-state index contributed by atoms with van der Waals surface area (Å²) in [6.07, 6.45) is 0. The van der Waals surface area contributed by atoms with Crippen LogP contribution in [0.3, 0.4) is 0 Å². The van der Waals surface area contributed by atoms with Crippen molar-refractivity contribution in [1.29, 1.82) is 0 Å². The molecule has 4 rings (SSSR count). The predicted molar refractivity (Wildman–Crippen MR) is 82.1 cm³/mol. The first kappa shape index (κ1) is 12.3. The summed E-state index contributed by atoms with van der Waals surface area (Å²) in [6, 6.07) is 9.55. The lowest BCUT2D eigenvalue weighted by Gasteiger charge is -2.02. The maximum absolute atomic E-state index is 6.11. The van der Waals surface area contributed by atoms with Crippen LogP contribution in [0.4, 0.5) is 5.69 Å². The molecule has 1 aliphatic heterocycles. The van der Waals surface area contributed by atoms with Gasteiger partial charge in [-0.25, -0.2) is 4.98 Å². The quantitative estimate of drug-likeness (QED) is 0.736. The zero-order valence-corrected chi connectivity index (χ0v) is 12.1. The summed E-state index contributed by atoms with van der Waals surface area (Å²) in [6.45, 7) is 0.267. The van der Waals surface area contributed by atoms with E-state index in [1.54, 1.807) is 7.11 Å². The molecule has 2 heterocycles. The van der Waals surface area contributed by atoms with E-state index in [1.807, 2.05) is 30.3 Å². The number of fused-ring (bicyclic) bond motifs is 2. The van der Waals surface area contributed by atoms with Gasteiger partial charge in [0.05, 0.1) is 23.0 Å². The van der Waals surface area contributed by atoms with Crippen molar-refractivity contribution in [3.8, 4) is 27.8 Å². The first-order valence-corrected chi connectivity index (χ1v) is 7.21. The smallest absolute Gasteiger partial charge is 0.231 e. The van der Waals surface area contributed by atoms with Gasteiger partial charge in [-0.3, -0.25) is 0 Å². The van der Waals surface area contributed by atoms with E-state index in [4.69, 9.17) is 19.9 Å². The van der Waals surface area contributed by atoms with Crippen molar-refractivity contribution in [1.82, 2.24) is 4.98 Å². The van der Waals surface area contributed by atoms with Gasteiger partial charge in [-0.05, 0) is 30.3 Å². The van der Waals surface area contributed by atoms with Crippen LogP contribution in [0, 0.1) is 0 Å². The number of nitrogens with two attached hydrogens (primary N) is 1. The third-order valence-electron chi connectivity index (χ3n) is 3.40. The van der Waals surface area contributed by atoms with Crippen LogP contribution in [0.25, 0.3) is 20.8 Å². The van der Waals surface area contributed by atoms with Crippen LogP contribution < -0.4 is 19.9 Å². The van der Waals surface area contributed by atoms with E-state index in [0.717, 1.165) is 32.3 Å². The summed E-state index contributed by atoms with van der Waals surface area (Å²) in [5.41, 5.74) is 8.59. The van der Waals surface area contributed by atoms with E-state index in [-0.39, 0.29) is 6.79 Å². The number of benzene rings is 2. The molecule has 0 spiro atoms. The van der Waals surface area contributed by atoms with E-state index in [1.165, 1.54) is 11.3 Å². The number of nitrogen functional groups attached to an aromatic ring is 1. The second-order valence-electron chi connectivity index (χ2n) is 4.62. The van der Waals surface area contributed by atoms with Crippen molar-refractivity contribution in [3.63, 3.8) is 0 Å². The molecule has 0 atom stereocenters. The van der Waals surface area contributed by atoms with Crippen LogP contribution >= 0.6 is 11.3 Å². The van der Waals surface area contributed by atoms with Gasteiger partial charge in [0, 0.05) is 5.56 Å². The molecule has 0 radical (unpaired) electrons. The third kappa shape index (κ3) is 1.87. The minimum absolute atomic E-state index is 0.267. The first-order chi connectivity index (χ1) is 10.3. The topological polar surface area (TPSA) is 66.6 Å². The van der Waals surface area contributed by atoms with E-state index in [2.05, 4.69) is 4.98 Å². The Kier molecular flexibility index (Phi) is 2.65. The van der Waals surface area contributed by atoms with Crippen LogP contribution in [0.15, 0.2) is 30.3 Å². The molecule has 6 heteroatoms. The normalized spacial score (nSPS) is 12.8. The zero-order valence-electron chi connectivity index (χ0n) is 11.3. The number of hydrogen-bond donors (Lipinski definition) is 1. The standard InChI is InChI=1S/C15H12N2O3S/c1-18-11-5-3-9-14(13(11)16)21-15(17-9)8-2-4-10-12(6-8)20-7-19-10/h2-6H,7,16H2,1H3. The van der Waals surface area contributed by atoms with Gasteiger partial charge in [-0.1, -0.05) is 0 Å². The third-order valence-corrected chi connectivity index (χ3v) is 4.55. The molecule has 106 valence electrons. The lowest BCUT2D eigenvalue weighted by Crippen LogP contribution is -1.92. The maximum atomic E-state index is 6.11. The molecule has 0 bridgehead atoms. The second-order valence-corrected chi connectivity index (χ2v) is 5.62. The van der Waals surface area contributed by atoms with Gasteiger partial charge in [0.2, 0.25) is 6.79 Å². The Morgan fingerprint density at radius 2 is 2.05 bits per heavy atom. The molecule has 3 aromatic rings. The number of aromatic nitrogens is 1. The molecule has 2 aromatic carbocycles. The highest BCUT2D eigenvalue weighted by atomic mass is 32.1. The molecule has 0 fully saturated rings. The number of rotatable bonds is 2. The molecule has 1 aromatic heterocycles. The van der Waals surface area contributed by atoms with Crippen molar-refractivity contribution < 1.29 is 14.2 Å².